The third-order valence-electron chi connectivity index (χ3n) is 5.65. The second-order valence-electron chi connectivity index (χ2n) is 7.37. The fourth-order valence-electron chi connectivity index (χ4n) is 3.94. The number of carbonyl (C=O) groups is 1. The van der Waals surface area contributed by atoms with Gasteiger partial charge in [-0.2, -0.15) is 0 Å². The molecule has 0 bridgehead atoms. The van der Waals surface area contributed by atoms with Gasteiger partial charge in [-0.1, -0.05) is 18.2 Å². The van der Waals surface area contributed by atoms with Gasteiger partial charge in [0.05, 0.1) is 12.1 Å². The molecule has 1 atom stereocenters. The first-order chi connectivity index (χ1) is 11.8. The molecular formula is C19H27N3O2. The van der Waals surface area contributed by atoms with Crippen LogP contribution in [0.5, 0.6) is 0 Å². The quantitative estimate of drug-likeness (QED) is 0.868. The maximum atomic E-state index is 12.6. The van der Waals surface area contributed by atoms with Gasteiger partial charge in [-0.3, -0.25) is 9.69 Å². The predicted octanol–water partition coefficient (Wildman–Crippen LogP) is 2.00. The van der Waals surface area contributed by atoms with Gasteiger partial charge in [0.2, 0.25) is 5.91 Å². The van der Waals surface area contributed by atoms with Crippen molar-refractivity contribution in [2.24, 2.45) is 0 Å². The van der Waals surface area contributed by atoms with Crippen LogP contribution >= 0.6 is 0 Å². The molecule has 1 aromatic carbocycles. The van der Waals surface area contributed by atoms with Crippen LogP contribution in [0.25, 0.3) is 0 Å². The number of nitrogens with one attached hydrogen (secondary N) is 2. The molecule has 4 rings (SSSR count). The molecule has 2 saturated heterocycles. The highest BCUT2D eigenvalue weighted by Gasteiger charge is 2.51. The van der Waals surface area contributed by atoms with E-state index < -0.39 is 0 Å². The van der Waals surface area contributed by atoms with E-state index in [-0.39, 0.29) is 11.4 Å². The Morgan fingerprint density at radius 1 is 1.12 bits per heavy atom. The van der Waals surface area contributed by atoms with E-state index >= 15 is 0 Å². The smallest absolute Gasteiger partial charge is 0.244 e. The Bertz CT molecular complexity index is 559. The van der Waals surface area contributed by atoms with Crippen LogP contribution in [0.15, 0.2) is 30.3 Å². The van der Waals surface area contributed by atoms with Gasteiger partial charge in [-0.15, -0.1) is 0 Å². The van der Waals surface area contributed by atoms with E-state index in [1.54, 1.807) is 0 Å². The molecule has 24 heavy (non-hydrogen) atoms. The number of carbonyl (C=O) groups excluding carboxylic acids is 1. The van der Waals surface area contributed by atoms with E-state index in [2.05, 4.69) is 15.5 Å². The molecule has 1 aromatic rings. The van der Waals surface area contributed by atoms with E-state index in [0.29, 0.717) is 12.1 Å². The first-order valence-electron chi connectivity index (χ1n) is 9.21. The van der Waals surface area contributed by atoms with Gasteiger partial charge in [-0.25, -0.2) is 0 Å². The lowest BCUT2D eigenvalue weighted by Gasteiger charge is -2.37. The first-order valence-corrected chi connectivity index (χ1v) is 9.21. The molecule has 2 heterocycles. The van der Waals surface area contributed by atoms with Crippen molar-refractivity contribution >= 4 is 11.6 Å². The molecule has 0 radical (unpaired) electrons. The standard InChI is InChI=1S/C19H27N3O2/c23-18(20-15-4-2-1-3-5-15)19(9-10-19)21-16-6-11-22(12-7-16)17-8-13-24-14-17/h1-5,16-17,21H,6-14H2,(H,20,23). The number of benzene rings is 1. The molecule has 5 heteroatoms. The summed E-state index contributed by atoms with van der Waals surface area (Å²) in [4.78, 5) is 15.2. The Morgan fingerprint density at radius 3 is 2.50 bits per heavy atom. The number of rotatable bonds is 5. The van der Waals surface area contributed by atoms with Gasteiger partial charge < -0.3 is 15.4 Å². The number of hydrogen-bond donors (Lipinski definition) is 2. The fourth-order valence-corrected chi connectivity index (χ4v) is 3.94. The molecule has 2 N–H and O–H groups in total. The normalized spacial score (nSPS) is 27.1. The van der Waals surface area contributed by atoms with Crippen LogP contribution in [-0.4, -0.2) is 54.7 Å². The van der Waals surface area contributed by atoms with Gasteiger partial charge in [0.25, 0.3) is 0 Å². The number of piperidine rings is 1. The maximum absolute atomic E-state index is 12.6. The van der Waals surface area contributed by atoms with E-state index in [9.17, 15) is 4.79 Å². The molecule has 0 aromatic heterocycles. The fraction of sp³-hybridized carbons (Fsp3) is 0.632. The molecular weight excluding hydrogens is 302 g/mol. The van der Waals surface area contributed by atoms with Crippen LogP contribution < -0.4 is 10.6 Å². The summed E-state index contributed by atoms with van der Waals surface area (Å²) < 4.78 is 5.51. The zero-order valence-electron chi connectivity index (χ0n) is 14.2. The minimum Gasteiger partial charge on any atom is -0.380 e. The van der Waals surface area contributed by atoms with Gasteiger partial charge in [-0.05, 0) is 44.2 Å². The SMILES string of the molecule is O=C(Nc1ccccc1)C1(NC2CCN(C3CCOC3)CC2)CC1. The Kier molecular flexibility index (Phi) is 4.57. The molecule has 1 saturated carbocycles. The minimum absolute atomic E-state index is 0.125. The van der Waals surface area contributed by atoms with E-state index in [0.717, 1.165) is 57.7 Å². The number of anilines is 1. The molecule has 2 aliphatic heterocycles. The first kappa shape index (κ1) is 16.1. The molecule has 1 aliphatic carbocycles. The van der Waals surface area contributed by atoms with Crippen LogP contribution in [0.3, 0.4) is 0 Å². The van der Waals surface area contributed by atoms with Crippen molar-refractivity contribution in [3.8, 4) is 0 Å². The van der Waals surface area contributed by atoms with Gasteiger partial charge >= 0.3 is 0 Å². The van der Waals surface area contributed by atoms with Crippen LogP contribution in [0.1, 0.15) is 32.1 Å². The number of nitrogens with zero attached hydrogens (tertiary/aromatic N) is 1. The number of likely N-dealkylation sites (tertiary alicyclic amines) is 1. The summed E-state index contributed by atoms with van der Waals surface area (Å²) in [6.07, 6.45) is 5.31. The van der Waals surface area contributed by atoms with E-state index in [1.165, 1.54) is 6.42 Å². The monoisotopic (exact) mass is 329 g/mol. The molecule has 3 aliphatic rings. The zero-order valence-corrected chi connectivity index (χ0v) is 14.2. The molecule has 130 valence electrons. The third-order valence-corrected chi connectivity index (χ3v) is 5.65. The van der Waals surface area contributed by atoms with Crippen LogP contribution in [0, 0.1) is 0 Å². The number of amides is 1. The summed E-state index contributed by atoms with van der Waals surface area (Å²) in [5.41, 5.74) is 0.547. The molecule has 1 unspecified atom stereocenters. The Morgan fingerprint density at radius 2 is 1.88 bits per heavy atom. The lowest BCUT2D eigenvalue weighted by molar-refractivity contribution is -0.119. The average molecular weight is 329 g/mol. The molecule has 0 spiro atoms. The lowest BCUT2D eigenvalue weighted by atomic mass is 10.0. The van der Waals surface area contributed by atoms with Crippen molar-refractivity contribution in [2.45, 2.75) is 49.7 Å². The topological polar surface area (TPSA) is 53.6 Å². The summed E-state index contributed by atoms with van der Waals surface area (Å²) >= 11 is 0. The van der Waals surface area contributed by atoms with Crippen molar-refractivity contribution in [2.75, 3.05) is 31.6 Å². The second-order valence-corrected chi connectivity index (χ2v) is 7.37. The molecule has 3 fully saturated rings. The second kappa shape index (κ2) is 6.82. The van der Waals surface area contributed by atoms with Gasteiger partial charge in [0, 0.05) is 37.5 Å². The van der Waals surface area contributed by atoms with Crippen LogP contribution in [0.4, 0.5) is 5.69 Å². The van der Waals surface area contributed by atoms with Crippen LogP contribution in [-0.2, 0) is 9.53 Å². The summed E-state index contributed by atoms with van der Waals surface area (Å²) in [6.45, 7) is 4.03. The Hall–Kier alpha value is -1.43. The largest absolute Gasteiger partial charge is 0.380 e. The van der Waals surface area contributed by atoms with Crippen molar-refractivity contribution < 1.29 is 9.53 Å². The summed E-state index contributed by atoms with van der Waals surface area (Å²) in [7, 11) is 0. The Balaban J connectivity index is 1.28. The predicted molar refractivity (Wildman–Crippen MR) is 94.0 cm³/mol. The van der Waals surface area contributed by atoms with Crippen molar-refractivity contribution in [3.63, 3.8) is 0 Å². The number of hydrogen-bond acceptors (Lipinski definition) is 4. The number of ether oxygens (including phenoxy) is 1. The van der Waals surface area contributed by atoms with E-state index in [4.69, 9.17) is 4.74 Å². The highest BCUT2D eigenvalue weighted by Crippen LogP contribution is 2.38. The van der Waals surface area contributed by atoms with Gasteiger partial charge in [0.15, 0.2) is 0 Å². The maximum Gasteiger partial charge on any atom is 0.244 e. The highest BCUT2D eigenvalue weighted by molar-refractivity contribution is 6.00. The lowest BCUT2D eigenvalue weighted by Crippen LogP contribution is -2.53. The van der Waals surface area contributed by atoms with Crippen LogP contribution in [0.2, 0.25) is 0 Å². The van der Waals surface area contributed by atoms with E-state index in [1.807, 2.05) is 30.3 Å². The third kappa shape index (κ3) is 3.48. The average Bonchev–Trinajstić information content (AvgIpc) is 3.19. The summed E-state index contributed by atoms with van der Waals surface area (Å²) in [6, 6.07) is 10.8. The minimum atomic E-state index is -0.334. The van der Waals surface area contributed by atoms with Crippen molar-refractivity contribution in [1.29, 1.82) is 0 Å². The summed E-state index contributed by atoms with van der Waals surface area (Å²) in [5.74, 6) is 0.125. The van der Waals surface area contributed by atoms with Gasteiger partial charge in [0.1, 0.15) is 0 Å². The number of para-hydroxylation sites is 1. The molecule has 1 amide bonds. The summed E-state index contributed by atoms with van der Waals surface area (Å²) in [5, 5.41) is 6.73. The van der Waals surface area contributed by atoms with Crippen molar-refractivity contribution in [1.82, 2.24) is 10.2 Å². The van der Waals surface area contributed by atoms with Crippen molar-refractivity contribution in [3.05, 3.63) is 30.3 Å². The highest BCUT2D eigenvalue weighted by atomic mass is 16.5. The Labute approximate surface area is 143 Å². The molecule has 5 nitrogen and oxygen atoms in total. The zero-order chi connectivity index (χ0) is 16.4.